The minimum Gasteiger partial charge on any atom is -0.506 e. The molecule has 110 valence electrons. The van der Waals surface area contributed by atoms with E-state index < -0.39 is 0 Å². The lowest BCUT2D eigenvalue weighted by Gasteiger charge is -2.16. The highest BCUT2D eigenvalue weighted by molar-refractivity contribution is 6.04. The summed E-state index contributed by atoms with van der Waals surface area (Å²) >= 11 is 0. The number of rotatable bonds is 2. The summed E-state index contributed by atoms with van der Waals surface area (Å²) in [5.74, 6) is 1.04. The number of hydrogen-bond donors (Lipinski definition) is 2. The van der Waals surface area contributed by atoms with Crippen molar-refractivity contribution in [2.45, 2.75) is 33.1 Å². The highest BCUT2D eigenvalue weighted by Crippen LogP contribution is 2.29. The minimum absolute atomic E-state index is 0.0414. The molecule has 0 bridgehead atoms. The van der Waals surface area contributed by atoms with Gasteiger partial charge in [0.15, 0.2) is 5.69 Å². The zero-order valence-electron chi connectivity index (χ0n) is 12.1. The summed E-state index contributed by atoms with van der Waals surface area (Å²) in [6.07, 6.45) is 2.69. The molecule has 21 heavy (non-hydrogen) atoms. The third-order valence-corrected chi connectivity index (χ3v) is 3.90. The van der Waals surface area contributed by atoms with Crippen LogP contribution in [0.4, 0.5) is 5.69 Å². The smallest absolute Gasteiger partial charge is 0.278 e. The number of aromatic nitrogens is 1. The van der Waals surface area contributed by atoms with Crippen LogP contribution in [0.5, 0.6) is 5.75 Å². The van der Waals surface area contributed by atoms with Crippen molar-refractivity contribution in [2.24, 2.45) is 5.92 Å². The number of aromatic hydroxyl groups is 1. The summed E-state index contributed by atoms with van der Waals surface area (Å²) in [5.41, 5.74) is 2.58. The van der Waals surface area contributed by atoms with Gasteiger partial charge >= 0.3 is 0 Å². The van der Waals surface area contributed by atoms with Crippen LogP contribution < -0.4 is 5.32 Å². The average Bonchev–Trinajstić information content (AvgIpc) is 2.85. The van der Waals surface area contributed by atoms with Gasteiger partial charge in [0.25, 0.3) is 5.91 Å². The first kappa shape index (κ1) is 13.7. The molecule has 1 heterocycles. The first-order valence-electron chi connectivity index (χ1n) is 7.13. The van der Waals surface area contributed by atoms with Crippen LogP contribution in [0, 0.1) is 12.8 Å². The number of nitrogens with zero attached hydrogens (tertiary/aromatic N) is 1. The summed E-state index contributed by atoms with van der Waals surface area (Å²) in [6, 6.07) is 5.07. The molecule has 1 atom stereocenters. The molecule has 1 amide bonds. The number of benzene rings is 1. The second-order valence-electron chi connectivity index (χ2n) is 5.76. The van der Waals surface area contributed by atoms with E-state index in [4.69, 9.17) is 4.52 Å². The maximum Gasteiger partial charge on any atom is 0.278 e. The number of phenols is 1. The number of aryl methyl sites for hydroxylation is 2. The van der Waals surface area contributed by atoms with Gasteiger partial charge in [0, 0.05) is 12.0 Å². The molecule has 0 spiro atoms. The van der Waals surface area contributed by atoms with E-state index >= 15 is 0 Å². The zero-order chi connectivity index (χ0) is 15.0. The molecular formula is C16H18N2O3. The van der Waals surface area contributed by atoms with Crippen LogP contribution in [0.2, 0.25) is 0 Å². The lowest BCUT2D eigenvalue weighted by Crippen LogP contribution is -2.18. The molecule has 5 heteroatoms. The number of nitrogens with one attached hydrogen (secondary N) is 1. The first-order valence-corrected chi connectivity index (χ1v) is 7.13. The quantitative estimate of drug-likeness (QED) is 0.832. The van der Waals surface area contributed by atoms with Crippen molar-refractivity contribution in [1.29, 1.82) is 0 Å². The number of anilines is 1. The fourth-order valence-electron chi connectivity index (χ4n) is 2.69. The summed E-state index contributed by atoms with van der Waals surface area (Å²) in [4.78, 5) is 12.4. The Balaban J connectivity index is 1.86. The van der Waals surface area contributed by atoms with Crippen molar-refractivity contribution in [3.63, 3.8) is 0 Å². The van der Waals surface area contributed by atoms with Crippen LogP contribution >= 0.6 is 0 Å². The predicted molar refractivity (Wildman–Crippen MR) is 78.5 cm³/mol. The van der Waals surface area contributed by atoms with Gasteiger partial charge in [0.05, 0.1) is 5.69 Å². The van der Waals surface area contributed by atoms with E-state index in [0.29, 0.717) is 17.3 Å². The van der Waals surface area contributed by atoms with E-state index in [0.717, 1.165) is 36.1 Å². The van der Waals surface area contributed by atoms with Gasteiger partial charge < -0.3 is 14.9 Å². The minimum atomic E-state index is -0.338. The largest absolute Gasteiger partial charge is 0.506 e. The van der Waals surface area contributed by atoms with Crippen LogP contribution in [0.1, 0.15) is 40.7 Å². The molecule has 3 rings (SSSR count). The predicted octanol–water partition coefficient (Wildman–Crippen LogP) is 3.07. The zero-order valence-corrected chi connectivity index (χ0v) is 12.1. The summed E-state index contributed by atoms with van der Waals surface area (Å²) in [5, 5.41) is 16.4. The van der Waals surface area contributed by atoms with Crippen LogP contribution in [-0.4, -0.2) is 16.2 Å². The van der Waals surface area contributed by atoms with Crippen LogP contribution in [0.3, 0.4) is 0 Å². The van der Waals surface area contributed by atoms with Crippen molar-refractivity contribution in [3.8, 4) is 5.75 Å². The van der Waals surface area contributed by atoms with Crippen molar-refractivity contribution < 1.29 is 14.4 Å². The second kappa shape index (κ2) is 5.24. The number of hydrogen-bond acceptors (Lipinski definition) is 4. The monoisotopic (exact) mass is 286 g/mol. The van der Waals surface area contributed by atoms with Gasteiger partial charge in [-0.15, -0.1) is 0 Å². The SMILES string of the molecule is Cc1ccc(O)c(NC(=O)c2noc3c2CC(C)CC3)c1. The molecule has 2 N–H and O–H groups in total. The Hall–Kier alpha value is -2.30. The average molecular weight is 286 g/mol. The molecule has 1 aliphatic carbocycles. The molecule has 0 saturated carbocycles. The van der Waals surface area contributed by atoms with Crippen molar-refractivity contribution in [3.05, 3.63) is 40.8 Å². The lowest BCUT2D eigenvalue weighted by molar-refractivity contribution is 0.101. The van der Waals surface area contributed by atoms with Gasteiger partial charge in [0.2, 0.25) is 0 Å². The molecule has 0 aliphatic heterocycles. The van der Waals surface area contributed by atoms with Gasteiger partial charge in [-0.2, -0.15) is 0 Å². The van der Waals surface area contributed by atoms with Crippen LogP contribution in [-0.2, 0) is 12.8 Å². The van der Waals surface area contributed by atoms with E-state index in [9.17, 15) is 9.90 Å². The summed E-state index contributed by atoms with van der Waals surface area (Å²) < 4.78 is 5.27. The molecule has 2 aromatic rings. The highest BCUT2D eigenvalue weighted by Gasteiger charge is 2.27. The van der Waals surface area contributed by atoms with Gasteiger partial charge in [-0.3, -0.25) is 4.79 Å². The molecule has 1 aromatic carbocycles. The normalized spacial score (nSPS) is 17.3. The van der Waals surface area contributed by atoms with Crippen molar-refractivity contribution in [1.82, 2.24) is 5.16 Å². The van der Waals surface area contributed by atoms with Crippen LogP contribution in [0.25, 0.3) is 0 Å². The first-order chi connectivity index (χ1) is 10.0. The molecule has 1 aliphatic rings. The fourth-order valence-corrected chi connectivity index (χ4v) is 2.69. The van der Waals surface area contributed by atoms with E-state index in [1.807, 2.05) is 6.92 Å². The molecule has 1 aromatic heterocycles. The van der Waals surface area contributed by atoms with Gasteiger partial charge in [-0.25, -0.2) is 0 Å². The number of fused-ring (bicyclic) bond motifs is 1. The Morgan fingerprint density at radius 1 is 1.48 bits per heavy atom. The Labute approximate surface area is 123 Å². The lowest BCUT2D eigenvalue weighted by atomic mass is 9.88. The Morgan fingerprint density at radius 3 is 3.10 bits per heavy atom. The standard InChI is InChI=1S/C16H18N2O3/c1-9-4-6-14-11(7-9)15(18-21-14)16(20)17-12-8-10(2)3-5-13(12)19/h3,5,8-9,19H,4,6-7H2,1-2H3,(H,17,20). The van der Waals surface area contributed by atoms with Gasteiger partial charge in [-0.05, 0) is 43.4 Å². The van der Waals surface area contributed by atoms with Gasteiger partial charge in [0.1, 0.15) is 11.5 Å². The van der Waals surface area contributed by atoms with Crippen molar-refractivity contribution in [2.75, 3.05) is 5.32 Å². The summed E-state index contributed by atoms with van der Waals surface area (Å²) in [7, 11) is 0. The molecule has 0 saturated heterocycles. The van der Waals surface area contributed by atoms with E-state index in [1.165, 1.54) is 0 Å². The molecule has 0 fully saturated rings. The second-order valence-corrected chi connectivity index (χ2v) is 5.76. The molecule has 5 nitrogen and oxygen atoms in total. The Morgan fingerprint density at radius 2 is 2.29 bits per heavy atom. The topological polar surface area (TPSA) is 75.4 Å². The Bertz CT molecular complexity index is 691. The van der Waals surface area contributed by atoms with Gasteiger partial charge in [-0.1, -0.05) is 18.1 Å². The number of carbonyl (C=O) groups is 1. The number of carbonyl (C=O) groups excluding carboxylic acids is 1. The van der Waals surface area contributed by atoms with Crippen molar-refractivity contribution >= 4 is 11.6 Å². The molecule has 1 unspecified atom stereocenters. The molecule has 0 radical (unpaired) electrons. The third-order valence-electron chi connectivity index (χ3n) is 3.90. The van der Waals surface area contributed by atoms with E-state index in [-0.39, 0.29) is 11.7 Å². The maximum atomic E-state index is 12.4. The fraction of sp³-hybridized carbons (Fsp3) is 0.375. The molecular weight excluding hydrogens is 268 g/mol. The summed E-state index contributed by atoms with van der Waals surface area (Å²) in [6.45, 7) is 4.05. The van der Waals surface area contributed by atoms with E-state index in [2.05, 4.69) is 17.4 Å². The van der Waals surface area contributed by atoms with Crippen LogP contribution in [0.15, 0.2) is 22.7 Å². The maximum absolute atomic E-state index is 12.4. The Kier molecular flexibility index (Phi) is 3.41. The number of phenolic OH excluding ortho intramolecular Hbond substituents is 1. The van der Waals surface area contributed by atoms with E-state index in [1.54, 1.807) is 18.2 Å². The third kappa shape index (κ3) is 2.63. The number of amides is 1. The highest BCUT2D eigenvalue weighted by atomic mass is 16.5.